The maximum Gasteiger partial charge on any atom is 0.244 e. The number of benzene rings is 2. The third-order valence-corrected chi connectivity index (χ3v) is 3.89. The molecule has 0 aliphatic heterocycles. The topological polar surface area (TPSA) is 58.6 Å². The van der Waals surface area contributed by atoms with Crippen molar-refractivity contribution in [2.75, 3.05) is 18.4 Å². The Labute approximate surface area is 159 Å². The minimum Gasteiger partial charge on any atom is -0.489 e. The summed E-state index contributed by atoms with van der Waals surface area (Å²) in [6.45, 7) is 5.55. The van der Waals surface area contributed by atoms with Crippen molar-refractivity contribution in [1.29, 1.82) is 0 Å². The Balaban J connectivity index is 1.97. The van der Waals surface area contributed by atoms with Gasteiger partial charge in [0.05, 0.1) is 18.3 Å². The first-order chi connectivity index (χ1) is 12.8. The van der Waals surface area contributed by atoms with Gasteiger partial charge in [-0.25, -0.2) is 4.39 Å². The summed E-state index contributed by atoms with van der Waals surface area (Å²) in [5, 5.41) is 2.80. The molecule has 0 atom stereocenters. The fourth-order valence-corrected chi connectivity index (χ4v) is 2.55. The van der Waals surface area contributed by atoms with E-state index in [9.17, 15) is 14.0 Å². The number of amides is 2. The summed E-state index contributed by atoms with van der Waals surface area (Å²) in [5.41, 5.74) is 1.47. The smallest absolute Gasteiger partial charge is 0.244 e. The Hall–Kier alpha value is -2.89. The van der Waals surface area contributed by atoms with E-state index in [1.807, 2.05) is 19.9 Å². The largest absolute Gasteiger partial charge is 0.489 e. The van der Waals surface area contributed by atoms with Crippen LogP contribution in [0.5, 0.6) is 5.75 Å². The summed E-state index contributed by atoms with van der Waals surface area (Å²) in [6, 6.07) is 13.3. The fourth-order valence-electron chi connectivity index (χ4n) is 2.55. The first kappa shape index (κ1) is 20.4. The number of halogens is 1. The number of nitrogens with one attached hydrogen (secondary N) is 1. The maximum atomic E-state index is 13.0. The first-order valence-electron chi connectivity index (χ1n) is 8.90. The molecule has 2 amide bonds. The highest BCUT2D eigenvalue weighted by Gasteiger charge is 2.15. The van der Waals surface area contributed by atoms with Gasteiger partial charge in [0.15, 0.2) is 0 Å². The number of para-hydroxylation sites is 2. The van der Waals surface area contributed by atoms with Crippen LogP contribution in [0.25, 0.3) is 0 Å². The van der Waals surface area contributed by atoms with Crippen LogP contribution in [0.15, 0.2) is 48.5 Å². The number of rotatable bonds is 8. The molecule has 1 N–H and O–H groups in total. The summed E-state index contributed by atoms with van der Waals surface area (Å²) in [6.07, 6.45) is 0.521. The van der Waals surface area contributed by atoms with Crippen LogP contribution < -0.4 is 10.1 Å². The third-order valence-electron chi connectivity index (χ3n) is 3.89. The highest BCUT2D eigenvalue weighted by molar-refractivity contribution is 5.95. The molecule has 0 radical (unpaired) electrons. The van der Waals surface area contributed by atoms with Crippen LogP contribution in [0.2, 0.25) is 0 Å². The molecule has 5 nitrogen and oxygen atoms in total. The van der Waals surface area contributed by atoms with Gasteiger partial charge in [-0.15, -0.1) is 0 Å². The SMILES string of the molecule is CC(=O)N(CCc1ccc(F)cc1)CC(=O)Nc1ccccc1OC(C)C. The van der Waals surface area contributed by atoms with Crippen LogP contribution in [0, 0.1) is 5.82 Å². The van der Waals surface area contributed by atoms with E-state index >= 15 is 0 Å². The molecular formula is C21H25FN2O3. The summed E-state index contributed by atoms with van der Waals surface area (Å²) in [4.78, 5) is 25.8. The van der Waals surface area contributed by atoms with E-state index in [2.05, 4.69) is 5.32 Å². The molecule has 0 fully saturated rings. The molecule has 0 aliphatic rings. The zero-order valence-corrected chi connectivity index (χ0v) is 15.9. The highest BCUT2D eigenvalue weighted by atomic mass is 19.1. The lowest BCUT2D eigenvalue weighted by Crippen LogP contribution is -2.38. The molecule has 144 valence electrons. The molecule has 0 heterocycles. The molecule has 0 saturated heterocycles. The number of hydrogen-bond donors (Lipinski definition) is 1. The van der Waals surface area contributed by atoms with Gasteiger partial charge in [-0.05, 0) is 50.1 Å². The summed E-state index contributed by atoms with van der Waals surface area (Å²) >= 11 is 0. The second-order valence-corrected chi connectivity index (χ2v) is 6.53. The highest BCUT2D eigenvalue weighted by Crippen LogP contribution is 2.24. The van der Waals surface area contributed by atoms with Gasteiger partial charge in [-0.3, -0.25) is 9.59 Å². The number of anilines is 1. The van der Waals surface area contributed by atoms with Crippen molar-refractivity contribution in [3.05, 3.63) is 59.9 Å². The lowest BCUT2D eigenvalue weighted by molar-refractivity contribution is -0.132. The number of hydrogen-bond acceptors (Lipinski definition) is 3. The van der Waals surface area contributed by atoms with Gasteiger partial charge in [0, 0.05) is 13.5 Å². The lowest BCUT2D eigenvalue weighted by atomic mass is 10.1. The van der Waals surface area contributed by atoms with E-state index in [-0.39, 0.29) is 30.3 Å². The van der Waals surface area contributed by atoms with E-state index in [1.165, 1.54) is 24.0 Å². The number of nitrogens with zero attached hydrogens (tertiary/aromatic N) is 1. The van der Waals surface area contributed by atoms with E-state index in [1.54, 1.807) is 30.3 Å². The standard InChI is InChI=1S/C21H25FN2O3/c1-15(2)27-20-7-5-4-6-19(20)23-21(26)14-24(16(3)25)13-12-17-8-10-18(22)11-9-17/h4-11,15H,12-14H2,1-3H3,(H,23,26). The quantitative estimate of drug-likeness (QED) is 0.770. The lowest BCUT2D eigenvalue weighted by Gasteiger charge is -2.21. The van der Waals surface area contributed by atoms with Gasteiger partial charge in [-0.1, -0.05) is 24.3 Å². The molecule has 6 heteroatoms. The van der Waals surface area contributed by atoms with Crippen LogP contribution in [-0.4, -0.2) is 35.9 Å². The molecule has 2 rings (SSSR count). The van der Waals surface area contributed by atoms with Gasteiger partial charge >= 0.3 is 0 Å². The number of carbonyl (C=O) groups is 2. The minimum atomic E-state index is -0.302. The van der Waals surface area contributed by atoms with E-state index < -0.39 is 0 Å². The first-order valence-corrected chi connectivity index (χ1v) is 8.90. The van der Waals surface area contributed by atoms with Crippen LogP contribution in [0.1, 0.15) is 26.3 Å². The average molecular weight is 372 g/mol. The van der Waals surface area contributed by atoms with Gasteiger partial charge in [0.25, 0.3) is 0 Å². The van der Waals surface area contributed by atoms with Gasteiger partial charge in [-0.2, -0.15) is 0 Å². The van der Waals surface area contributed by atoms with Crippen LogP contribution in [0.3, 0.4) is 0 Å². The van der Waals surface area contributed by atoms with E-state index in [4.69, 9.17) is 4.74 Å². The zero-order chi connectivity index (χ0) is 19.8. The second-order valence-electron chi connectivity index (χ2n) is 6.53. The van der Waals surface area contributed by atoms with Crippen LogP contribution in [-0.2, 0) is 16.0 Å². The number of carbonyl (C=O) groups excluding carboxylic acids is 2. The second kappa shape index (κ2) is 9.71. The Bertz CT molecular complexity index is 775. The zero-order valence-electron chi connectivity index (χ0n) is 15.9. The Morgan fingerprint density at radius 2 is 1.78 bits per heavy atom. The Kier molecular flexibility index (Phi) is 7.34. The van der Waals surface area contributed by atoms with Crippen molar-refractivity contribution < 1.29 is 18.7 Å². The molecule has 0 saturated carbocycles. The summed E-state index contributed by atoms with van der Waals surface area (Å²) in [7, 11) is 0. The fraction of sp³-hybridized carbons (Fsp3) is 0.333. The minimum absolute atomic E-state index is 0.0209. The van der Waals surface area contributed by atoms with E-state index in [0.717, 1.165) is 5.56 Å². The van der Waals surface area contributed by atoms with Crippen molar-refractivity contribution in [3.8, 4) is 5.75 Å². The Morgan fingerprint density at radius 3 is 2.41 bits per heavy atom. The van der Waals surface area contributed by atoms with Crippen molar-refractivity contribution >= 4 is 17.5 Å². The van der Waals surface area contributed by atoms with Crippen molar-refractivity contribution in [3.63, 3.8) is 0 Å². The van der Waals surface area contributed by atoms with Gasteiger partial charge in [0.2, 0.25) is 11.8 Å². The van der Waals surface area contributed by atoms with Crippen molar-refractivity contribution in [1.82, 2.24) is 4.90 Å². The maximum absolute atomic E-state index is 13.0. The predicted molar refractivity (Wildman–Crippen MR) is 103 cm³/mol. The molecule has 27 heavy (non-hydrogen) atoms. The van der Waals surface area contributed by atoms with Crippen LogP contribution in [0.4, 0.5) is 10.1 Å². The molecule has 0 unspecified atom stereocenters. The molecule has 2 aromatic rings. The monoisotopic (exact) mass is 372 g/mol. The van der Waals surface area contributed by atoms with Gasteiger partial charge < -0.3 is 15.0 Å². The molecule has 0 bridgehead atoms. The molecule has 0 aromatic heterocycles. The summed E-state index contributed by atoms with van der Waals surface area (Å²) in [5.74, 6) is -0.214. The predicted octanol–water partition coefficient (Wildman–Crippen LogP) is 3.64. The number of ether oxygens (including phenoxy) is 1. The average Bonchev–Trinajstić information content (AvgIpc) is 2.61. The summed E-state index contributed by atoms with van der Waals surface area (Å²) < 4.78 is 18.7. The van der Waals surface area contributed by atoms with Crippen molar-refractivity contribution in [2.24, 2.45) is 0 Å². The normalized spacial score (nSPS) is 10.6. The Morgan fingerprint density at radius 1 is 1.11 bits per heavy atom. The molecule has 2 aromatic carbocycles. The third kappa shape index (κ3) is 6.73. The van der Waals surface area contributed by atoms with E-state index in [0.29, 0.717) is 24.4 Å². The van der Waals surface area contributed by atoms with Crippen LogP contribution >= 0.6 is 0 Å². The molecular weight excluding hydrogens is 347 g/mol. The van der Waals surface area contributed by atoms with Crippen molar-refractivity contribution in [2.45, 2.75) is 33.3 Å². The molecule has 0 aliphatic carbocycles. The van der Waals surface area contributed by atoms with Gasteiger partial charge in [0.1, 0.15) is 11.6 Å². The molecule has 0 spiro atoms.